The van der Waals surface area contributed by atoms with Crippen molar-refractivity contribution >= 4 is 12.0 Å². The van der Waals surface area contributed by atoms with Crippen LogP contribution in [0.15, 0.2) is 48.3 Å². The molecule has 0 atom stereocenters. The lowest BCUT2D eigenvalue weighted by Gasteiger charge is -2.01. The third-order valence-electron chi connectivity index (χ3n) is 2.38. The molecule has 0 aliphatic rings. The van der Waals surface area contributed by atoms with Crippen LogP contribution in [0.4, 0.5) is 0 Å². The van der Waals surface area contributed by atoms with Crippen molar-refractivity contribution in [3.8, 4) is 5.69 Å². The molecule has 1 aromatic carbocycles. The van der Waals surface area contributed by atoms with Crippen molar-refractivity contribution in [2.45, 2.75) is 6.92 Å². The summed E-state index contributed by atoms with van der Waals surface area (Å²) in [6.07, 6.45) is 5.20. The molecule has 0 fully saturated rings. The fourth-order valence-corrected chi connectivity index (χ4v) is 1.46. The number of carbonyl (C=O) groups is 1. The molecular weight excluding hydrogens is 216 g/mol. The van der Waals surface area contributed by atoms with Crippen LogP contribution < -0.4 is 0 Å². The number of nitrogens with zero attached hydrogens (tertiary/aromatic N) is 2. The predicted octanol–water partition coefficient (Wildman–Crippen LogP) is 2.36. The zero-order valence-corrected chi connectivity index (χ0v) is 9.37. The van der Waals surface area contributed by atoms with Crippen LogP contribution in [0.2, 0.25) is 0 Å². The summed E-state index contributed by atoms with van der Waals surface area (Å²) >= 11 is 0. The number of aromatic nitrogens is 2. The summed E-state index contributed by atoms with van der Waals surface area (Å²) in [7, 11) is 0. The zero-order valence-electron chi connectivity index (χ0n) is 9.37. The second kappa shape index (κ2) is 4.65. The molecule has 0 saturated carbocycles. The van der Waals surface area contributed by atoms with Gasteiger partial charge in [0.1, 0.15) is 0 Å². The molecule has 1 aromatic heterocycles. The second-order valence-electron chi connectivity index (χ2n) is 3.67. The van der Waals surface area contributed by atoms with Crippen LogP contribution in [-0.2, 0) is 4.79 Å². The Hall–Kier alpha value is -2.36. The van der Waals surface area contributed by atoms with Gasteiger partial charge in [0.05, 0.1) is 5.69 Å². The number of carboxylic acid groups (broad SMARTS) is 1. The quantitative estimate of drug-likeness (QED) is 0.820. The van der Waals surface area contributed by atoms with Crippen molar-refractivity contribution in [1.29, 1.82) is 0 Å². The van der Waals surface area contributed by atoms with E-state index in [1.807, 2.05) is 36.5 Å². The summed E-state index contributed by atoms with van der Waals surface area (Å²) in [4.78, 5) is 10.7. The minimum Gasteiger partial charge on any atom is -0.478 e. The van der Waals surface area contributed by atoms with Gasteiger partial charge < -0.3 is 5.11 Å². The molecule has 0 amide bonds. The van der Waals surface area contributed by atoms with E-state index >= 15 is 0 Å². The van der Waals surface area contributed by atoms with E-state index in [0.717, 1.165) is 11.3 Å². The minimum atomic E-state index is -0.902. The molecular formula is C13H12N2O2. The Balaban J connectivity index is 2.25. The summed E-state index contributed by atoms with van der Waals surface area (Å²) in [5, 5.41) is 12.9. The van der Waals surface area contributed by atoms with Gasteiger partial charge in [0.15, 0.2) is 0 Å². The standard InChI is InChI=1S/C13H12N2O2/c1-10(13(16)17)9-11-3-5-12(6-4-11)15-8-2-7-14-15/h2-9H,1H3,(H,16,17)/b10-9+. The summed E-state index contributed by atoms with van der Waals surface area (Å²) < 4.78 is 1.75. The molecule has 4 heteroatoms. The van der Waals surface area contributed by atoms with Gasteiger partial charge in [-0.15, -0.1) is 0 Å². The van der Waals surface area contributed by atoms with Crippen molar-refractivity contribution in [1.82, 2.24) is 9.78 Å². The van der Waals surface area contributed by atoms with E-state index in [1.54, 1.807) is 23.9 Å². The molecule has 0 unspecified atom stereocenters. The highest BCUT2D eigenvalue weighted by molar-refractivity contribution is 5.91. The summed E-state index contributed by atoms with van der Waals surface area (Å²) in [6.45, 7) is 1.57. The van der Waals surface area contributed by atoms with Crippen molar-refractivity contribution < 1.29 is 9.90 Å². The average Bonchev–Trinajstić information content (AvgIpc) is 2.83. The lowest BCUT2D eigenvalue weighted by atomic mass is 10.1. The summed E-state index contributed by atoms with van der Waals surface area (Å²) in [5.41, 5.74) is 2.12. The topological polar surface area (TPSA) is 55.1 Å². The molecule has 0 saturated heterocycles. The monoisotopic (exact) mass is 228 g/mol. The van der Waals surface area contributed by atoms with Crippen LogP contribution in [0.25, 0.3) is 11.8 Å². The van der Waals surface area contributed by atoms with Gasteiger partial charge in [0, 0.05) is 18.0 Å². The summed E-state index contributed by atoms with van der Waals surface area (Å²) in [5.74, 6) is -0.902. The highest BCUT2D eigenvalue weighted by Gasteiger charge is 2.00. The Morgan fingerprint density at radius 1 is 1.35 bits per heavy atom. The largest absolute Gasteiger partial charge is 0.478 e. The van der Waals surface area contributed by atoms with Gasteiger partial charge in [0.25, 0.3) is 0 Å². The maximum Gasteiger partial charge on any atom is 0.331 e. The van der Waals surface area contributed by atoms with Gasteiger partial charge in [-0.1, -0.05) is 12.1 Å². The van der Waals surface area contributed by atoms with Gasteiger partial charge in [0.2, 0.25) is 0 Å². The van der Waals surface area contributed by atoms with E-state index in [2.05, 4.69) is 5.10 Å². The normalized spacial score (nSPS) is 11.5. The van der Waals surface area contributed by atoms with Crippen LogP contribution in [-0.4, -0.2) is 20.9 Å². The maximum atomic E-state index is 10.7. The fraction of sp³-hybridized carbons (Fsp3) is 0.0769. The SMILES string of the molecule is C/C(=C\c1ccc(-n2cccn2)cc1)C(=O)O. The number of benzene rings is 1. The van der Waals surface area contributed by atoms with E-state index in [4.69, 9.17) is 5.11 Å². The molecule has 0 spiro atoms. The number of aliphatic carboxylic acids is 1. The van der Waals surface area contributed by atoms with E-state index in [1.165, 1.54) is 0 Å². The Bertz CT molecular complexity index is 539. The number of hydrogen-bond donors (Lipinski definition) is 1. The van der Waals surface area contributed by atoms with Crippen molar-refractivity contribution in [3.63, 3.8) is 0 Å². The first kappa shape index (κ1) is 11.1. The number of rotatable bonds is 3. The predicted molar refractivity (Wildman–Crippen MR) is 64.9 cm³/mol. The van der Waals surface area contributed by atoms with E-state index in [-0.39, 0.29) is 0 Å². The molecule has 17 heavy (non-hydrogen) atoms. The van der Waals surface area contributed by atoms with Gasteiger partial charge >= 0.3 is 5.97 Å². The smallest absolute Gasteiger partial charge is 0.331 e. The Morgan fingerprint density at radius 2 is 2.06 bits per heavy atom. The third kappa shape index (κ3) is 2.60. The first-order valence-electron chi connectivity index (χ1n) is 5.18. The van der Waals surface area contributed by atoms with Crippen molar-refractivity contribution in [2.24, 2.45) is 0 Å². The average molecular weight is 228 g/mol. The molecule has 0 bridgehead atoms. The molecule has 0 radical (unpaired) electrons. The number of carboxylic acids is 1. The minimum absolute atomic E-state index is 0.317. The maximum absolute atomic E-state index is 10.7. The molecule has 0 aliphatic heterocycles. The first-order chi connectivity index (χ1) is 8.16. The van der Waals surface area contributed by atoms with E-state index < -0.39 is 5.97 Å². The third-order valence-corrected chi connectivity index (χ3v) is 2.38. The Kier molecular flexibility index (Phi) is 3.05. The van der Waals surface area contributed by atoms with Gasteiger partial charge in [-0.25, -0.2) is 9.48 Å². The lowest BCUT2D eigenvalue weighted by Crippen LogP contribution is -1.96. The highest BCUT2D eigenvalue weighted by Crippen LogP contribution is 2.11. The first-order valence-corrected chi connectivity index (χ1v) is 5.18. The Morgan fingerprint density at radius 3 is 2.59 bits per heavy atom. The lowest BCUT2D eigenvalue weighted by molar-refractivity contribution is -0.132. The highest BCUT2D eigenvalue weighted by atomic mass is 16.4. The van der Waals surface area contributed by atoms with Crippen molar-refractivity contribution in [2.75, 3.05) is 0 Å². The van der Waals surface area contributed by atoms with Crippen LogP contribution in [0.1, 0.15) is 12.5 Å². The van der Waals surface area contributed by atoms with E-state index in [9.17, 15) is 4.79 Å². The van der Waals surface area contributed by atoms with Gasteiger partial charge in [-0.2, -0.15) is 5.10 Å². The molecule has 0 aliphatic carbocycles. The van der Waals surface area contributed by atoms with Crippen molar-refractivity contribution in [3.05, 3.63) is 53.9 Å². The van der Waals surface area contributed by atoms with Gasteiger partial charge in [-0.05, 0) is 36.8 Å². The summed E-state index contributed by atoms with van der Waals surface area (Å²) in [6, 6.07) is 9.37. The molecule has 4 nitrogen and oxygen atoms in total. The number of hydrogen-bond acceptors (Lipinski definition) is 2. The molecule has 1 N–H and O–H groups in total. The zero-order chi connectivity index (χ0) is 12.3. The van der Waals surface area contributed by atoms with E-state index in [0.29, 0.717) is 5.57 Å². The fourth-order valence-electron chi connectivity index (χ4n) is 1.46. The molecule has 86 valence electrons. The van der Waals surface area contributed by atoms with Crippen LogP contribution in [0.5, 0.6) is 0 Å². The molecule has 2 aromatic rings. The van der Waals surface area contributed by atoms with Gasteiger partial charge in [-0.3, -0.25) is 0 Å². The van der Waals surface area contributed by atoms with Crippen LogP contribution in [0, 0.1) is 0 Å². The van der Waals surface area contributed by atoms with Crippen LogP contribution in [0.3, 0.4) is 0 Å². The molecule has 2 rings (SSSR count). The van der Waals surface area contributed by atoms with Crippen LogP contribution >= 0.6 is 0 Å². The molecule has 1 heterocycles. The second-order valence-corrected chi connectivity index (χ2v) is 3.67. The Labute approximate surface area is 98.8 Å².